The Morgan fingerprint density at radius 3 is 1.93 bits per heavy atom. The monoisotopic (exact) mass is 408 g/mol. The van der Waals surface area contributed by atoms with Crippen molar-refractivity contribution in [3.8, 4) is 0 Å². The molecule has 7 fully saturated rings. The lowest BCUT2D eigenvalue weighted by Crippen LogP contribution is -2.85. The maximum absolute atomic E-state index is 2.87. The molecule has 0 aromatic heterocycles. The summed E-state index contributed by atoms with van der Waals surface area (Å²) in [4.78, 5) is 0. The zero-order chi connectivity index (χ0) is 21.8. The normalized spacial score (nSPS) is 58.6. The van der Waals surface area contributed by atoms with E-state index in [4.69, 9.17) is 0 Å². The van der Waals surface area contributed by atoms with Gasteiger partial charge in [0.25, 0.3) is 0 Å². The number of hydrogen-bond donors (Lipinski definition) is 0. The Kier molecular flexibility index (Phi) is 3.47. The highest BCUT2D eigenvalue weighted by Gasteiger charge is 2.88. The van der Waals surface area contributed by atoms with E-state index in [0.717, 1.165) is 23.7 Å². The van der Waals surface area contributed by atoms with Gasteiger partial charge in [0.15, 0.2) is 0 Å². The minimum absolute atomic E-state index is 0.396. The molecule has 168 valence electrons. The highest BCUT2D eigenvalue weighted by atomic mass is 14.9. The van der Waals surface area contributed by atoms with Crippen molar-refractivity contribution in [3.05, 3.63) is 11.6 Å². The molecule has 7 saturated carbocycles. The summed E-state index contributed by atoms with van der Waals surface area (Å²) in [5, 5.41) is 0. The molecule has 9 rings (SSSR count). The van der Waals surface area contributed by atoms with E-state index in [1.54, 1.807) is 0 Å². The van der Waals surface area contributed by atoms with Crippen LogP contribution in [0.4, 0.5) is 0 Å². The van der Waals surface area contributed by atoms with Gasteiger partial charge in [-0.2, -0.15) is 0 Å². The van der Waals surface area contributed by atoms with Gasteiger partial charge in [0.2, 0.25) is 0 Å². The van der Waals surface area contributed by atoms with E-state index in [9.17, 15) is 0 Å². The molecule has 9 aliphatic carbocycles. The first kappa shape index (κ1) is 20.4. The molecular weight excluding hydrogens is 360 g/mol. The van der Waals surface area contributed by atoms with Gasteiger partial charge >= 0.3 is 0 Å². The van der Waals surface area contributed by atoms with Crippen molar-refractivity contribution >= 4 is 0 Å². The van der Waals surface area contributed by atoms with E-state index < -0.39 is 0 Å². The second kappa shape index (κ2) is 5.12. The van der Waals surface area contributed by atoms with Gasteiger partial charge in [0, 0.05) is 0 Å². The second-order valence-corrected chi connectivity index (χ2v) is 15.1. The Bertz CT molecular complexity index is 840. The van der Waals surface area contributed by atoms with E-state index >= 15 is 0 Å². The SMILES string of the molecule is CC1CCC2CC1(C1(C)CCC3CC1(C14CC(=CCC1C)C4(C)C)C3(C)C)C2(C)C. The van der Waals surface area contributed by atoms with Crippen LogP contribution >= 0.6 is 0 Å². The minimum atomic E-state index is 0.396. The summed E-state index contributed by atoms with van der Waals surface area (Å²) < 4.78 is 0. The van der Waals surface area contributed by atoms with Gasteiger partial charge in [-0.1, -0.05) is 74.0 Å². The third-order valence-corrected chi connectivity index (χ3v) is 14.8. The first-order chi connectivity index (χ1) is 13.8. The summed E-state index contributed by atoms with van der Waals surface area (Å²) in [5.74, 6) is 3.67. The predicted octanol–water partition coefficient (Wildman–Crippen LogP) is 8.66. The fourth-order valence-electron chi connectivity index (χ4n) is 13.3. The largest absolute Gasteiger partial charge is 0.0845 e. The lowest BCUT2D eigenvalue weighted by atomic mass is 9.13. The molecule has 0 N–H and O–H groups in total. The maximum atomic E-state index is 2.87. The summed E-state index contributed by atoms with van der Waals surface area (Å²) in [6.45, 7) is 24.4. The van der Waals surface area contributed by atoms with Crippen LogP contribution in [0, 0.1) is 61.6 Å². The molecule has 9 aliphatic rings. The number of allylic oxidation sites excluding steroid dienone is 2. The van der Waals surface area contributed by atoms with Gasteiger partial charge in [-0.05, 0) is 113 Å². The van der Waals surface area contributed by atoms with E-state index in [2.05, 4.69) is 68.4 Å². The van der Waals surface area contributed by atoms with Crippen LogP contribution in [-0.2, 0) is 0 Å². The summed E-state index contributed by atoms with van der Waals surface area (Å²) in [5.41, 5.74) is 5.25. The summed E-state index contributed by atoms with van der Waals surface area (Å²) in [6.07, 6.45) is 14.5. The average molecular weight is 409 g/mol. The van der Waals surface area contributed by atoms with Crippen molar-refractivity contribution in [2.75, 3.05) is 0 Å². The van der Waals surface area contributed by atoms with Crippen molar-refractivity contribution in [2.24, 2.45) is 61.6 Å². The van der Waals surface area contributed by atoms with Gasteiger partial charge in [-0.25, -0.2) is 0 Å². The van der Waals surface area contributed by atoms with Crippen molar-refractivity contribution in [1.29, 1.82) is 0 Å². The fraction of sp³-hybridized carbons (Fsp3) is 0.933. The van der Waals surface area contributed by atoms with Crippen LogP contribution in [0.15, 0.2) is 11.6 Å². The van der Waals surface area contributed by atoms with E-state index in [1.165, 1.54) is 51.4 Å². The van der Waals surface area contributed by atoms with Crippen LogP contribution in [0.5, 0.6) is 0 Å². The first-order valence-electron chi connectivity index (χ1n) is 13.5. The average Bonchev–Trinajstić information content (AvgIpc) is 2.67. The van der Waals surface area contributed by atoms with Gasteiger partial charge in [-0.15, -0.1) is 0 Å². The topological polar surface area (TPSA) is 0 Å². The first-order valence-corrected chi connectivity index (χ1v) is 13.5. The van der Waals surface area contributed by atoms with E-state index in [1.807, 2.05) is 5.57 Å². The third kappa shape index (κ3) is 1.51. The van der Waals surface area contributed by atoms with Gasteiger partial charge < -0.3 is 0 Å². The minimum Gasteiger partial charge on any atom is -0.0845 e. The molecule has 0 saturated heterocycles. The van der Waals surface area contributed by atoms with Crippen LogP contribution in [-0.4, -0.2) is 0 Å². The number of rotatable bonds is 2. The Balaban J connectivity index is 1.62. The maximum Gasteiger partial charge on any atom is -0.00759 e. The van der Waals surface area contributed by atoms with Gasteiger partial charge in [-0.3, -0.25) is 0 Å². The Morgan fingerprint density at radius 1 is 0.733 bits per heavy atom. The van der Waals surface area contributed by atoms with E-state index in [0.29, 0.717) is 37.9 Å². The molecule has 30 heavy (non-hydrogen) atoms. The van der Waals surface area contributed by atoms with Crippen molar-refractivity contribution < 1.29 is 0 Å². The molecule has 0 aromatic carbocycles. The van der Waals surface area contributed by atoms with Crippen molar-refractivity contribution in [2.45, 2.75) is 114 Å². The zero-order valence-electron chi connectivity index (χ0n) is 21.5. The third-order valence-electron chi connectivity index (χ3n) is 14.8. The van der Waals surface area contributed by atoms with Crippen molar-refractivity contribution in [1.82, 2.24) is 0 Å². The molecule has 8 unspecified atom stereocenters. The molecule has 6 bridgehead atoms. The summed E-state index contributed by atoms with van der Waals surface area (Å²) >= 11 is 0. The predicted molar refractivity (Wildman–Crippen MR) is 127 cm³/mol. The second-order valence-electron chi connectivity index (χ2n) is 15.1. The number of fused-ring (bicyclic) bond motifs is 6. The van der Waals surface area contributed by atoms with Crippen molar-refractivity contribution in [3.63, 3.8) is 0 Å². The molecule has 0 aromatic rings. The Labute approximate surface area is 187 Å². The highest BCUT2D eigenvalue weighted by molar-refractivity contribution is 5.44. The van der Waals surface area contributed by atoms with Crippen LogP contribution in [0.1, 0.15) is 114 Å². The van der Waals surface area contributed by atoms with Gasteiger partial charge in [0.05, 0.1) is 0 Å². The molecule has 0 aliphatic heterocycles. The molecular formula is C30H48. The number of hydrogen-bond acceptors (Lipinski definition) is 0. The van der Waals surface area contributed by atoms with Crippen LogP contribution in [0.2, 0.25) is 0 Å². The van der Waals surface area contributed by atoms with Crippen LogP contribution < -0.4 is 0 Å². The molecule has 0 nitrogen and oxygen atoms in total. The smallest absolute Gasteiger partial charge is 0.00759 e. The fourth-order valence-corrected chi connectivity index (χ4v) is 13.3. The zero-order valence-corrected chi connectivity index (χ0v) is 21.5. The molecule has 0 spiro atoms. The summed E-state index contributed by atoms with van der Waals surface area (Å²) in [6, 6.07) is 0. The molecule has 0 radical (unpaired) electrons. The Morgan fingerprint density at radius 2 is 1.40 bits per heavy atom. The standard InChI is InChI=1S/C30H48/c1-19-10-12-21-16-28(19,24(21,3)4)27(9)15-14-23-18-30(27,26(23,7)8)29-17-22(25(29,5)6)13-11-20(29)2/h13,19-21,23H,10-12,14-18H2,1-9H3. The van der Waals surface area contributed by atoms with Crippen LogP contribution in [0.25, 0.3) is 0 Å². The molecule has 0 amide bonds. The lowest BCUT2D eigenvalue weighted by molar-refractivity contribution is -0.419. The lowest BCUT2D eigenvalue weighted by Gasteiger charge is -2.91. The highest BCUT2D eigenvalue weighted by Crippen LogP contribution is 2.94. The quantitative estimate of drug-likeness (QED) is 0.401. The van der Waals surface area contributed by atoms with E-state index in [-0.39, 0.29) is 0 Å². The molecule has 8 atom stereocenters. The summed E-state index contributed by atoms with van der Waals surface area (Å²) in [7, 11) is 0. The Hall–Kier alpha value is -0.260. The molecule has 0 heterocycles. The molecule has 0 heteroatoms. The van der Waals surface area contributed by atoms with Gasteiger partial charge in [0.1, 0.15) is 0 Å². The van der Waals surface area contributed by atoms with Crippen LogP contribution in [0.3, 0.4) is 0 Å².